The first-order valence-corrected chi connectivity index (χ1v) is 9.20. The molecule has 3 rings (SSSR count). The number of amides is 1. The zero-order valence-corrected chi connectivity index (χ0v) is 16.1. The SMILES string of the molecule is CCc1nccn1CCC(=O)NC(C)c1cnn(-c2ccc(F)cc2F)c1C. The van der Waals surface area contributed by atoms with Crippen molar-refractivity contribution in [1.82, 2.24) is 24.6 Å². The second-order valence-corrected chi connectivity index (χ2v) is 6.62. The molecule has 0 spiro atoms. The van der Waals surface area contributed by atoms with Crippen LogP contribution in [0.15, 0.2) is 36.8 Å². The molecule has 2 aromatic heterocycles. The van der Waals surface area contributed by atoms with Gasteiger partial charge in [-0.3, -0.25) is 4.79 Å². The maximum atomic E-state index is 14.1. The number of hydrogen-bond acceptors (Lipinski definition) is 3. The average Bonchev–Trinajstić information content (AvgIpc) is 3.26. The summed E-state index contributed by atoms with van der Waals surface area (Å²) >= 11 is 0. The highest BCUT2D eigenvalue weighted by Crippen LogP contribution is 2.22. The van der Waals surface area contributed by atoms with Gasteiger partial charge in [0.2, 0.25) is 5.91 Å². The van der Waals surface area contributed by atoms with E-state index in [1.165, 1.54) is 16.8 Å². The number of hydrogen-bond donors (Lipinski definition) is 1. The Hall–Kier alpha value is -3.03. The van der Waals surface area contributed by atoms with Crippen LogP contribution in [-0.4, -0.2) is 25.2 Å². The van der Waals surface area contributed by atoms with Gasteiger partial charge in [0.25, 0.3) is 0 Å². The Kier molecular flexibility index (Phi) is 5.87. The summed E-state index contributed by atoms with van der Waals surface area (Å²) in [4.78, 5) is 16.6. The standard InChI is InChI=1S/C20H23F2N5O/c1-4-19-23-8-10-26(19)9-7-20(28)25-13(2)16-12-24-27(14(16)3)18-6-5-15(21)11-17(18)22/h5-6,8,10-13H,4,7,9H2,1-3H3,(H,25,28). The van der Waals surface area contributed by atoms with E-state index in [0.29, 0.717) is 18.7 Å². The lowest BCUT2D eigenvalue weighted by molar-refractivity contribution is -0.121. The fraction of sp³-hybridized carbons (Fsp3) is 0.350. The molecule has 6 nitrogen and oxygen atoms in total. The highest BCUT2D eigenvalue weighted by atomic mass is 19.1. The van der Waals surface area contributed by atoms with Gasteiger partial charge in [-0.2, -0.15) is 5.10 Å². The topological polar surface area (TPSA) is 64.7 Å². The minimum absolute atomic E-state index is 0.0941. The van der Waals surface area contributed by atoms with Crippen LogP contribution < -0.4 is 5.32 Å². The first-order valence-electron chi connectivity index (χ1n) is 9.20. The van der Waals surface area contributed by atoms with E-state index in [-0.39, 0.29) is 17.6 Å². The van der Waals surface area contributed by atoms with Crippen LogP contribution in [0.2, 0.25) is 0 Å². The smallest absolute Gasteiger partial charge is 0.222 e. The number of nitrogens with one attached hydrogen (secondary N) is 1. The van der Waals surface area contributed by atoms with E-state index in [9.17, 15) is 13.6 Å². The molecule has 1 amide bonds. The second kappa shape index (κ2) is 8.33. The summed E-state index contributed by atoms with van der Waals surface area (Å²) in [7, 11) is 0. The number of aryl methyl sites for hydroxylation is 2. The Labute approximate surface area is 162 Å². The molecule has 0 fully saturated rings. The highest BCUT2D eigenvalue weighted by Gasteiger charge is 2.18. The monoisotopic (exact) mass is 387 g/mol. The summed E-state index contributed by atoms with van der Waals surface area (Å²) in [5.74, 6) is -0.486. The minimum Gasteiger partial charge on any atom is -0.349 e. The normalized spacial score (nSPS) is 12.2. The average molecular weight is 387 g/mol. The van der Waals surface area contributed by atoms with Gasteiger partial charge in [-0.15, -0.1) is 0 Å². The minimum atomic E-state index is -0.693. The first-order chi connectivity index (χ1) is 13.4. The third-order valence-electron chi connectivity index (χ3n) is 4.73. The molecule has 1 atom stereocenters. The van der Waals surface area contributed by atoms with Gasteiger partial charge in [-0.05, 0) is 26.0 Å². The number of rotatable bonds is 7. The Bertz CT molecular complexity index is 979. The van der Waals surface area contributed by atoms with Crippen LogP contribution >= 0.6 is 0 Å². The van der Waals surface area contributed by atoms with Gasteiger partial charge in [-0.1, -0.05) is 6.92 Å². The van der Waals surface area contributed by atoms with Crippen molar-refractivity contribution in [2.24, 2.45) is 0 Å². The van der Waals surface area contributed by atoms with E-state index in [4.69, 9.17) is 0 Å². The molecular weight excluding hydrogens is 364 g/mol. The van der Waals surface area contributed by atoms with Crippen LogP contribution in [0.1, 0.15) is 43.4 Å². The van der Waals surface area contributed by atoms with E-state index < -0.39 is 11.6 Å². The Balaban J connectivity index is 1.67. The molecule has 28 heavy (non-hydrogen) atoms. The van der Waals surface area contributed by atoms with Crippen LogP contribution in [0.3, 0.4) is 0 Å². The van der Waals surface area contributed by atoms with Crippen LogP contribution in [0.25, 0.3) is 5.69 Å². The lowest BCUT2D eigenvalue weighted by atomic mass is 10.1. The number of carbonyl (C=O) groups excluding carboxylic acids is 1. The molecule has 0 bridgehead atoms. The molecule has 8 heteroatoms. The summed E-state index contributed by atoms with van der Waals surface area (Å²) in [6, 6.07) is 3.06. The van der Waals surface area contributed by atoms with Gasteiger partial charge in [0.15, 0.2) is 5.82 Å². The summed E-state index contributed by atoms with van der Waals surface area (Å²) in [6.07, 6.45) is 6.32. The van der Waals surface area contributed by atoms with Gasteiger partial charge in [-0.25, -0.2) is 18.4 Å². The van der Waals surface area contributed by atoms with Crippen LogP contribution in [0, 0.1) is 18.6 Å². The van der Waals surface area contributed by atoms with Gasteiger partial charge in [0.1, 0.15) is 17.3 Å². The van der Waals surface area contributed by atoms with Crippen molar-refractivity contribution >= 4 is 5.91 Å². The molecule has 1 N–H and O–H groups in total. The molecular formula is C20H23F2N5O. The zero-order chi connectivity index (χ0) is 20.3. The van der Waals surface area contributed by atoms with Crippen molar-refractivity contribution in [3.05, 3.63) is 65.5 Å². The van der Waals surface area contributed by atoms with Crippen LogP contribution in [0.5, 0.6) is 0 Å². The molecule has 1 unspecified atom stereocenters. The first kappa shape index (κ1) is 19.7. The van der Waals surface area contributed by atoms with Gasteiger partial charge >= 0.3 is 0 Å². The second-order valence-electron chi connectivity index (χ2n) is 6.62. The lowest BCUT2D eigenvalue weighted by Crippen LogP contribution is -2.27. The van der Waals surface area contributed by atoms with Crippen LogP contribution in [-0.2, 0) is 17.8 Å². The maximum Gasteiger partial charge on any atom is 0.222 e. The predicted octanol–water partition coefficient (Wildman–Crippen LogP) is 3.49. The summed E-state index contributed by atoms with van der Waals surface area (Å²) < 4.78 is 30.6. The van der Waals surface area contributed by atoms with E-state index in [1.807, 2.05) is 24.6 Å². The van der Waals surface area contributed by atoms with Crippen molar-refractivity contribution in [3.63, 3.8) is 0 Å². The maximum absolute atomic E-state index is 14.1. The number of carbonyl (C=O) groups is 1. The van der Waals surface area contributed by atoms with Crippen molar-refractivity contribution in [3.8, 4) is 5.69 Å². The molecule has 2 heterocycles. The quantitative estimate of drug-likeness (QED) is 0.675. The van der Waals surface area contributed by atoms with E-state index in [2.05, 4.69) is 15.4 Å². The molecule has 148 valence electrons. The third-order valence-corrected chi connectivity index (χ3v) is 4.73. The predicted molar refractivity (Wildman–Crippen MR) is 101 cm³/mol. The number of halogens is 2. The summed E-state index contributed by atoms with van der Waals surface area (Å²) in [5, 5.41) is 7.15. The Morgan fingerprint density at radius 1 is 1.32 bits per heavy atom. The largest absolute Gasteiger partial charge is 0.349 e. The summed E-state index contributed by atoms with van der Waals surface area (Å²) in [5.41, 5.74) is 1.62. The molecule has 0 saturated carbocycles. The molecule has 0 aliphatic heterocycles. The fourth-order valence-corrected chi connectivity index (χ4v) is 3.21. The Morgan fingerprint density at radius 2 is 2.11 bits per heavy atom. The number of nitrogens with zero attached hydrogens (tertiary/aromatic N) is 4. The number of aromatic nitrogens is 4. The fourth-order valence-electron chi connectivity index (χ4n) is 3.21. The van der Waals surface area contributed by atoms with Crippen molar-refractivity contribution in [1.29, 1.82) is 0 Å². The van der Waals surface area contributed by atoms with E-state index >= 15 is 0 Å². The van der Waals surface area contributed by atoms with Gasteiger partial charge in [0, 0.05) is 49.1 Å². The molecule has 3 aromatic rings. The van der Waals surface area contributed by atoms with Gasteiger partial charge in [0.05, 0.1) is 12.2 Å². The molecule has 0 aliphatic rings. The van der Waals surface area contributed by atoms with Crippen molar-refractivity contribution in [2.75, 3.05) is 0 Å². The lowest BCUT2D eigenvalue weighted by Gasteiger charge is -2.15. The molecule has 0 saturated heterocycles. The summed E-state index contributed by atoms with van der Waals surface area (Å²) in [6.45, 7) is 6.21. The van der Waals surface area contributed by atoms with Crippen molar-refractivity contribution in [2.45, 2.75) is 46.2 Å². The van der Waals surface area contributed by atoms with E-state index in [0.717, 1.165) is 23.9 Å². The molecule has 0 radical (unpaired) electrons. The van der Waals surface area contributed by atoms with Crippen LogP contribution in [0.4, 0.5) is 8.78 Å². The number of imidazole rings is 1. The van der Waals surface area contributed by atoms with E-state index in [1.54, 1.807) is 19.3 Å². The van der Waals surface area contributed by atoms with Gasteiger partial charge < -0.3 is 9.88 Å². The highest BCUT2D eigenvalue weighted by molar-refractivity contribution is 5.76. The third kappa shape index (κ3) is 4.11. The molecule has 0 aliphatic carbocycles. The number of benzene rings is 1. The Morgan fingerprint density at radius 3 is 2.82 bits per heavy atom. The molecule has 1 aromatic carbocycles. The zero-order valence-electron chi connectivity index (χ0n) is 16.1. The van der Waals surface area contributed by atoms with Crippen molar-refractivity contribution < 1.29 is 13.6 Å².